The second-order valence-electron chi connectivity index (χ2n) is 7.03. The Morgan fingerprint density at radius 3 is 1.62 bits per heavy atom. The van der Waals surface area contributed by atoms with Crippen LogP contribution in [0.25, 0.3) is 0 Å². The molecule has 0 fully saturated rings. The second kappa shape index (κ2) is 19.5. The lowest BCUT2D eigenvalue weighted by Gasteiger charge is -2.18. The minimum atomic E-state index is 0.449. The van der Waals surface area contributed by atoms with E-state index in [4.69, 9.17) is 0 Å². The van der Waals surface area contributed by atoms with Gasteiger partial charge in [-0.3, -0.25) is 0 Å². The molecule has 0 bridgehead atoms. The minimum Gasteiger partial charge on any atom is -0.0844 e. The Hall–Kier alpha value is -1.82. The van der Waals surface area contributed by atoms with Gasteiger partial charge in [0.25, 0.3) is 0 Å². The van der Waals surface area contributed by atoms with Crippen LogP contribution in [0.4, 0.5) is 0 Å². The van der Waals surface area contributed by atoms with Crippen LogP contribution in [0.1, 0.15) is 88.5 Å². The maximum Gasteiger partial charge on any atom is 0.00660 e. The Kier molecular flexibility index (Phi) is 19.8. The van der Waals surface area contributed by atoms with Crippen molar-refractivity contribution >= 4 is 0 Å². The van der Waals surface area contributed by atoms with Gasteiger partial charge >= 0.3 is 0 Å². The van der Waals surface area contributed by atoms with Gasteiger partial charge in [0, 0.05) is 5.92 Å². The Balaban J connectivity index is 0. The van der Waals surface area contributed by atoms with Crippen molar-refractivity contribution in [2.24, 2.45) is 11.8 Å². The molecule has 29 heavy (non-hydrogen) atoms. The first-order valence-electron chi connectivity index (χ1n) is 11.8. The van der Waals surface area contributed by atoms with Crippen molar-refractivity contribution in [3.05, 3.63) is 83.1 Å². The number of allylic oxidation sites excluding steroid dienone is 14. The summed E-state index contributed by atoms with van der Waals surface area (Å²) in [6, 6.07) is 0. The summed E-state index contributed by atoms with van der Waals surface area (Å²) in [7, 11) is 0. The minimum absolute atomic E-state index is 0.449. The first-order valence-corrected chi connectivity index (χ1v) is 11.8. The van der Waals surface area contributed by atoms with Crippen molar-refractivity contribution in [2.45, 2.75) is 88.5 Å². The monoisotopic (exact) mass is 396 g/mol. The molecule has 0 aromatic carbocycles. The van der Waals surface area contributed by atoms with Crippen molar-refractivity contribution in [3.8, 4) is 0 Å². The molecule has 0 saturated heterocycles. The van der Waals surface area contributed by atoms with E-state index in [0.29, 0.717) is 11.8 Å². The van der Waals surface area contributed by atoms with E-state index in [2.05, 4.69) is 102 Å². The molecule has 0 spiro atoms. The summed E-state index contributed by atoms with van der Waals surface area (Å²) in [5, 5.41) is 0. The van der Waals surface area contributed by atoms with Crippen LogP contribution in [0.5, 0.6) is 0 Å². The highest BCUT2D eigenvalue weighted by Gasteiger charge is 2.15. The quantitative estimate of drug-likeness (QED) is 0.407. The van der Waals surface area contributed by atoms with E-state index in [1.807, 2.05) is 27.7 Å². The molecule has 3 aliphatic rings. The third kappa shape index (κ3) is 13.9. The second-order valence-corrected chi connectivity index (χ2v) is 7.03. The molecule has 3 aliphatic carbocycles. The Morgan fingerprint density at radius 2 is 1.10 bits per heavy atom. The molecule has 0 heteroatoms. The topological polar surface area (TPSA) is 0 Å². The van der Waals surface area contributed by atoms with Gasteiger partial charge in [0.05, 0.1) is 0 Å². The Labute approximate surface area is 183 Å². The highest BCUT2D eigenvalue weighted by Crippen LogP contribution is 2.31. The molecule has 0 saturated carbocycles. The van der Waals surface area contributed by atoms with Crippen LogP contribution in [0.2, 0.25) is 0 Å². The molecule has 0 radical (unpaired) electrons. The molecule has 3 rings (SSSR count). The van der Waals surface area contributed by atoms with Gasteiger partial charge in [-0.1, -0.05) is 123 Å². The molecule has 0 aromatic rings. The van der Waals surface area contributed by atoms with Crippen molar-refractivity contribution in [1.82, 2.24) is 0 Å². The maximum absolute atomic E-state index is 2.31. The molecule has 164 valence electrons. The third-order valence-electron chi connectivity index (χ3n) is 4.25. The molecule has 2 unspecified atom stereocenters. The zero-order valence-electron chi connectivity index (χ0n) is 21.0. The van der Waals surface area contributed by atoms with Crippen LogP contribution in [0.3, 0.4) is 0 Å². The third-order valence-corrected chi connectivity index (χ3v) is 4.25. The van der Waals surface area contributed by atoms with Crippen molar-refractivity contribution in [2.75, 3.05) is 0 Å². The average molecular weight is 397 g/mol. The van der Waals surface area contributed by atoms with Crippen LogP contribution in [0, 0.1) is 11.8 Å². The van der Waals surface area contributed by atoms with E-state index in [0.717, 1.165) is 6.42 Å². The Morgan fingerprint density at radius 1 is 0.724 bits per heavy atom. The van der Waals surface area contributed by atoms with Crippen LogP contribution < -0.4 is 0 Å². The lowest BCUT2D eigenvalue weighted by Crippen LogP contribution is -2.04. The predicted octanol–water partition coefficient (Wildman–Crippen LogP) is 9.95. The summed E-state index contributed by atoms with van der Waals surface area (Å²) in [6.45, 7) is 21.2. The van der Waals surface area contributed by atoms with E-state index < -0.39 is 0 Å². The molecule has 0 amide bonds. The SMILES string of the molecule is C1=CC1.CC.CC.CC1=C(C(C)C2=C(C)C=CC(C)C=C2)C=CCC=C1.CCC. The lowest BCUT2D eigenvalue weighted by molar-refractivity contribution is 0.827. The molecule has 0 heterocycles. The zero-order valence-corrected chi connectivity index (χ0v) is 21.0. The van der Waals surface area contributed by atoms with Gasteiger partial charge in [-0.2, -0.15) is 0 Å². The fraction of sp³-hybridized carbons (Fsp3) is 0.517. The van der Waals surface area contributed by atoms with E-state index in [1.165, 1.54) is 35.1 Å². The first-order chi connectivity index (χ1) is 14.0. The van der Waals surface area contributed by atoms with Gasteiger partial charge in [-0.15, -0.1) is 0 Å². The highest BCUT2D eigenvalue weighted by atomic mass is 14.2. The summed E-state index contributed by atoms with van der Waals surface area (Å²) < 4.78 is 0. The number of rotatable bonds is 2. The molecular weight excluding hydrogens is 348 g/mol. The van der Waals surface area contributed by atoms with Crippen LogP contribution in [-0.2, 0) is 0 Å². The van der Waals surface area contributed by atoms with Crippen LogP contribution in [-0.4, -0.2) is 0 Å². The molecule has 0 aliphatic heterocycles. The average Bonchev–Trinajstić information content (AvgIpc) is 3.61. The van der Waals surface area contributed by atoms with E-state index in [9.17, 15) is 0 Å². The summed E-state index contributed by atoms with van der Waals surface area (Å²) in [6.07, 6.45) is 26.0. The standard InChI is InChI=1S/C19H24.C3H4.C3H8.2C2H6/c1-14-10-12-16(3)19(13-11-14)17(4)18-9-7-5-6-8-15(18)2;1-2-3-1;1-3-2;2*1-2/h6-14,17H,5H2,1-4H3;1-2H,3H2;3H2,1-2H3;2*1-2H3. The first kappa shape index (κ1) is 29.4. The van der Waals surface area contributed by atoms with Gasteiger partial charge in [0.1, 0.15) is 0 Å². The number of hydrogen-bond donors (Lipinski definition) is 0. The molecule has 0 aromatic heterocycles. The van der Waals surface area contributed by atoms with Crippen LogP contribution >= 0.6 is 0 Å². The summed E-state index contributed by atoms with van der Waals surface area (Å²) in [4.78, 5) is 0. The Bertz CT molecular complexity index is 610. The van der Waals surface area contributed by atoms with E-state index in [1.54, 1.807) is 0 Å². The predicted molar refractivity (Wildman–Crippen MR) is 137 cm³/mol. The van der Waals surface area contributed by atoms with Crippen molar-refractivity contribution in [3.63, 3.8) is 0 Å². The smallest absolute Gasteiger partial charge is 0.00660 e. The maximum atomic E-state index is 2.31. The fourth-order valence-electron chi connectivity index (χ4n) is 2.73. The normalized spacial score (nSPS) is 19.2. The fourth-order valence-corrected chi connectivity index (χ4v) is 2.73. The lowest BCUT2D eigenvalue weighted by atomic mass is 9.86. The largest absolute Gasteiger partial charge is 0.0844 e. The summed E-state index contributed by atoms with van der Waals surface area (Å²) >= 11 is 0. The summed E-state index contributed by atoms with van der Waals surface area (Å²) in [5.41, 5.74) is 5.65. The van der Waals surface area contributed by atoms with E-state index in [-0.39, 0.29) is 0 Å². The van der Waals surface area contributed by atoms with E-state index >= 15 is 0 Å². The molecular formula is C29H48. The van der Waals surface area contributed by atoms with Gasteiger partial charge < -0.3 is 0 Å². The molecule has 0 N–H and O–H groups in total. The highest BCUT2D eigenvalue weighted by molar-refractivity contribution is 5.46. The summed E-state index contributed by atoms with van der Waals surface area (Å²) in [5.74, 6) is 0.976. The molecule has 2 atom stereocenters. The van der Waals surface area contributed by atoms with Gasteiger partial charge in [0.2, 0.25) is 0 Å². The van der Waals surface area contributed by atoms with Crippen LogP contribution in [0.15, 0.2) is 83.1 Å². The van der Waals surface area contributed by atoms with Gasteiger partial charge in [0.15, 0.2) is 0 Å². The van der Waals surface area contributed by atoms with Crippen molar-refractivity contribution < 1.29 is 0 Å². The van der Waals surface area contributed by atoms with Gasteiger partial charge in [-0.25, -0.2) is 0 Å². The van der Waals surface area contributed by atoms with Gasteiger partial charge in [-0.05, 0) is 54.9 Å². The molecule has 0 nitrogen and oxygen atoms in total. The number of hydrogen-bond acceptors (Lipinski definition) is 0. The van der Waals surface area contributed by atoms with Crippen molar-refractivity contribution in [1.29, 1.82) is 0 Å². The zero-order chi connectivity index (χ0) is 22.7.